The van der Waals surface area contributed by atoms with Crippen LogP contribution >= 0.6 is 0 Å². The maximum absolute atomic E-state index is 11.6. The molecule has 0 unspecified atom stereocenters. The van der Waals surface area contributed by atoms with E-state index in [0.717, 1.165) is 38.5 Å². The first-order valence-electron chi connectivity index (χ1n) is 11.1. The third-order valence-electron chi connectivity index (χ3n) is 5.08. The van der Waals surface area contributed by atoms with Gasteiger partial charge in [0.2, 0.25) is 0 Å². The first kappa shape index (κ1) is 26.5. The van der Waals surface area contributed by atoms with Crippen LogP contribution < -0.4 is 10.6 Å². The predicted molar refractivity (Wildman–Crippen MR) is 115 cm³/mol. The largest absolute Gasteiger partial charge is 0.444 e. The molecule has 0 aliphatic rings. The fourth-order valence-corrected chi connectivity index (χ4v) is 2.41. The number of hydrogen-bond donors (Lipinski definition) is 2. The van der Waals surface area contributed by atoms with E-state index in [4.69, 9.17) is 9.47 Å². The number of nitrogens with one attached hydrogen (secondary N) is 2. The second-order valence-electron chi connectivity index (χ2n) is 8.69. The summed E-state index contributed by atoms with van der Waals surface area (Å²) in [4.78, 5) is 23.3. The van der Waals surface area contributed by atoms with Crippen molar-refractivity contribution in [1.82, 2.24) is 10.6 Å². The van der Waals surface area contributed by atoms with Crippen LogP contribution in [0.2, 0.25) is 0 Å². The molecule has 0 aliphatic heterocycles. The van der Waals surface area contributed by atoms with Gasteiger partial charge in [-0.25, -0.2) is 9.59 Å². The second-order valence-corrected chi connectivity index (χ2v) is 8.69. The van der Waals surface area contributed by atoms with Crippen LogP contribution in [0.4, 0.5) is 9.59 Å². The average Bonchev–Trinajstić information content (AvgIpc) is 2.61. The van der Waals surface area contributed by atoms with E-state index >= 15 is 0 Å². The summed E-state index contributed by atoms with van der Waals surface area (Å²) < 4.78 is 10.7. The van der Waals surface area contributed by atoms with Crippen molar-refractivity contribution >= 4 is 12.2 Å². The van der Waals surface area contributed by atoms with Gasteiger partial charge in [-0.2, -0.15) is 0 Å². The summed E-state index contributed by atoms with van der Waals surface area (Å²) >= 11 is 0. The molecule has 0 heterocycles. The molecule has 0 radical (unpaired) electrons. The highest BCUT2D eigenvalue weighted by Crippen LogP contribution is 2.14. The molecule has 2 N–H and O–H groups in total. The number of alkyl carbamates (subject to hydrolysis) is 2. The van der Waals surface area contributed by atoms with Gasteiger partial charge in [0.1, 0.15) is 11.2 Å². The fraction of sp³-hybridized carbons (Fsp3) is 0.909. The molecule has 0 saturated heterocycles. The Morgan fingerprint density at radius 1 is 0.607 bits per heavy atom. The molecule has 166 valence electrons. The Bertz CT molecular complexity index is 396. The summed E-state index contributed by atoms with van der Waals surface area (Å²) in [5, 5.41) is 5.64. The third-order valence-corrected chi connectivity index (χ3v) is 5.08. The zero-order chi connectivity index (χ0) is 21.5. The highest BCUT2D eigenvalue weighted by molar-refractivity contribution is 5.67. The third kappa shape index (κ3) is 15.6. The minimum atomic E-state index is -0.397. The van der Waals surface area contributed by atoms with Crippen molar-refractivity contribution < 1.29 is 19.1 Å². The van der Waals surface area contributed by atoms with E-state index < -0.39 is 11.2 Å². The van der Waals surface area contributed by atoms with Gasteiger partial charge in [-0.05, 0) is 53.4 Å². The van der Waals surface area contributed by atoms with E-state index in [2.05, 4.69) is 10.6 Å². The second kappa shape index (κ2) is 14.5. The molecule has 0 spiro atoms. The van der Waals surface area contributed by atoms with Crippen LogP contribution in [-0.4, -0.2) is 36.5 Å². The van der Waals surface area contributed by atoms with Crippen LogP contribution in [0.3, 0.4) is 0 Å². The first-order chi connectivity index (χ1) is 13.1. The Kier molecular flexibility index (Phi) is 13.8. The molecular formula is C22H44N2O4. The van der Waals surface area contributed by atoms with Crippen molar-refractivity contribution in [2.75, 3.05) is 13.1 Å². The molecule has 28 heavy (non-hydrogen) atoms. The lowest BCUT2D eigenvalue weighted by Gasteiger charge is -2.23. The van der Waals surface area contributed by atoms with Crippen molar-refractivity contribution in [3.8, 4) is 0 Å². The van der Waals surface area contributed by atoms with E-state index in [1.54, 1.807) is 0 Å². The number of carbonyl (C=O) groups is 2. The Morgan fingerprint density at radius 2 is 0.893 bits per heavy atom. The highest BCUT2D eigenvalue weighted by atomic mass is 16.6. The Morgan fingerprint density at radius 3 is 1.18 bits per heavy atom. The molecule has 0 saturated carbocycles. The van der Waals surface area contributed by atoms with Crippen LogP contribution in [0.5, 0.6) is 0 Å². The molecule has 0 aromatic heterocycles. The number of ether oxygens (including phenoxy) is 2. The molecule has 0 atom stereocenters. The van der Waals surface area contributed by atoms with E-state index in [1.807, 2.05) is 41.5 Å². The number of unbranched alkanes of at least 4 members (excludes halogenated alkanes) is 7. The maximum atomic E-state index is 11.6. The molecule has 0 aromatic rings. The van der Waals surface area contributed by atoms with Crippen molar-refractivity contribution in [2.24, 2.45) is 0 Å². The van der Waals surface area contributed by atoms with Gasteiger partial charge in [-0.3, -0.25) is 0 Å². The summed E-state index contributed by atoms with van der Waals surface area (Å²) in [5.41, 5.74) is -0.794. The van der Waals surface area contributed by atoms with Gasteiger partial charge in [0.05, 0.1) is 0 Å². The predicted octanol–water partition coefficient (Wildman–Crippen LogP) is 5.94. The van der Waals surface area contributed by atoms with Gasteiger partial charge in [-0.15, -0.1) is 0 Å². The minimum absolute atomic E-state index is 0.317. The zero-order valence-corrected chi connectivity index (χ0v) is 19.1. The maximum Gasteiger partial charge on any atom is 0.407 e. The molecule has 6 nitrogen and oxygen atoms in total. The number of carbonyl (C=O) groups excluding carboxylic acids is 2. The molecule has 0 aliphatic carbocycles. The number of rotatable bonds is 15. The van der Waals surface area contributed by atoms with E-state index in [0.29, 0.717) is 13.1 Å². The van der Waals surface area contributed by atoms with Crippen LogP contribution in [-0.2, 0) is 9.47 Å². The lowest BCUT2D eigenvalue weighted by atomic mass is 10.1. The van der Waals surface area contributed by atoms with Crippen LogP contribution in [0, 0.1) is 0 Å². The molecule has 2 amide bonds. The minimum Gasteiger partial charge on any atom is -0.444 e. The van der Waals surface area contributed by atoms with Crippen molar-refractivity contribution in [1.29, 1.82) is 0 Å². The van der Waals surface area contributed by atoms with Gasteiger partial charge in [0.25, 0.3) is 0 Å². The SMILES string of the molecule is CCC(C)(C)OC(=O)NCCCCCCCCCCNC(=O)OC(C)(C)CC. The van der Waals surface area contributed by atoms with E-state index in [-0.39, 0.29) is 12.2 Å². The number of amides is 2. The van der Waals surface area contributed by atoms with Gasteiger partial charge >= 0.3 is 12.2 Å². The summed E-state index contributed by atoms with van der Waals surface area (Å²) in [7, 11) is 0. The van der Waals surface area contributed by atoms with Crippen LogP contribution in [0.25, 0.3) is 0 Å². The molecule has 6 heteroatoms. The molecule has 0 fully saturated rings. The van der Waals surface area contributed by atoms with Crippen molar-refractivity contribution in [2.45, 2.75) is 117 Å². The lowest BCUT2D eigenvalue weighted by molar-refractivity contribution is 0.0353. The summed E-state index contributed by atoms with van der Waals surface area (Å²) in [6, 6.07) is 0. The Hall–Kier alpha value is -1.46. The lowest BCUT2D eigenvalue weighted by Crippen LogP contribution is -2.34. The van der Waals surface area contributed by atoms with Crippen LogP contribution in [0.15, 0.2) is 0 Å². The van der Waals surface area contributed by atoms with Gasteiger partial charge in [0.15, 0.2) is 0 Å². The fourth-order valence-electron chi connectivity index (χ4n) is 2.41. The smallest absolute Gasteiger partial charge is 0.407 e. The standard InChI is InChI=1S/C22H44N2O4/c1-7-21(3,4)27-19(25)23-17-15-13-11-9-10-12-14-16-18-24-20(26)28-22(5,6)8-2/h7-18H2,1-6H3,(H,23,25)(H,24,26). The summed E-state index contributed by atoms with van der Waals surface area (Å²) in [5.74, 6) is 0. The van der Waals surface area contributed by atoms with E-state index in [9.17, 15) is 9.59 Å². The first-order valence-corrected chi connectivity index (χ1v) is 11.1. The van der Waals surface area contributed by atoms with Crippen LogP contribution in [0.1, 0.15) is 106 Å². The quantitative estimate of drug-likeness (QED) is 0.334. The molecular weight excluding hydrogens is 356 g/mol. The zero-order valence-electron chi connectivity index (χ0n) is 19.1. The van der Waals surface area contributed by atoms with Gasteiger partial charge < -0.3 is 20.1 Å². The van der Waals surface area contributed by atoms with Gasteiger partial charge in [0, 0.05) is 13.1 Å². The molecule has 0 aromatic carbocycles. The average molecular weight is 401 g/mol. The topological polar surface area (TPSA) is 76.7 Å². The van der Waals surface area contributed by atoms with Crippen molar-refractivity contribution in [3.05, 3.63) is 0 Å². The van der Waals surface area contributed by atoms with Gasteiger partial charge in [-0.1, -0.05) is 52.4 Å². The normalized spacial score (nSPS) is 11.8. The molecule has 0 rings (SSSR count). The highest BCUT2D eigenvalue weighted by Gasteiger charge is 2.20. The Balaban J connectivity index is 3.41. The van der Waals surface area contributed by atoms with Crippen molar-refractivity contribution in [3.63, 3.8) is 0 Å². The number of hydrogen-bond acceptors (Lipinski definition) is 4. The summed E-state index contributed by atoms with van der Waals surface area (Å²) in [6.07, 6.45) is 10.0. The monoisotopic (exact) mass is 400 g/mol. The molecule has 0 bridgehead atoms. The Labute approximate surface area is 172 Å². The van der Waals surface area contributed by atoms with E-state index in [1.165, 1.54) is 25.7 Å². The summed E-state index contributed by atoms with van der Waals surface area (Å²) in [6.45, 7) is 13.0.